The first-order valence-electron chi connectivity index (χ1n) is 10.4. The van der Waals surface area contributed by atoms with Gasteiger partial charge in [0.2, 0.25) is 0 Å². The number of aliphatic carboxylic acids is 1. The number of carboxylic acid groups (broad SMARTS) is 1. The summed E-state index contributed by atoms with van der Waals surface area (Å²) in [4.78, 5) is 23.6. The van der Waals surface area contributed by atoms with Crippen molar-refractivity contribution in [2.75, 3.05) is 23.3 Å². The maximum absolute atomic E-state index is 13.1. The molecule has 3 aromatic rings. The largest absolute Gasteiger partial charge is 0.490 e. The van der Waals surface area contributed by atoms with Gasteiger partial charge in [-0.25, -0.2) is 9.31 Å². The molecule has 0 unspecified atom stereocenters. The van der Waals surface area contributed by atoms with Gasteiger partial charge in [-0.15, -0.1) is 5.10 Å². The second kappa shape index (κ2) is 10.0. The fourth-order valence-electron chi connectivity index (χ4n) is 3.51. The van der Waals surface area contributed by atoms with Crippen LogP contribution in [0.1, 0.15) is 29.0 Å². The zero-order chi connectivity index (χ0) is 26.8. The molecule has 4 N–H and O–H groups in total. The van der Waals surface area contributed by atoms with Crippen LogP contribution in [0.25, 0.3) is 5.52 Å². The molecule has 0 spiro atoms. The number of piperidine rings is 1. The van der Waals surface area contributed by atoms with E-state index < -0.39 is 35.6 Å². The molecule has 0 radical (unpaired) electrons. The Bertz CT molecular complexity index is 1250. The van der Waals surface area contributed by atoms with E-state index in [1.807, 2.05) is 17.0 Å². The predicted molar refractivity (Wildman–Crippen MR) is 114 cm³/mol. The number of nitrogens with two attached hydrogens (primary N) is 1. The quantitative estimate of drug-likeness (QED) is 0.452. The molecule has 0 bridgehead atoms. The second-order valence-electron chi connectivity index (χ2n) is 7.91. The molecular formula is C20H21F6N7O3. The molecule has 4 rings (SSSR count). The smallest absolute Gasteiger partial charge is 0.475 e. The van der Waals surface area contributed by atoms with Gasteiger partial charge in [0, 0.05) is 32.4 Å². The average Bonchev–Trinajstić information content (AvgIpc) is 3.36. The Morgan fingerprint density at radius 1 is 1.11 bits per heavy atom. The highest BCUT2D eigenvalue weighted by molar-refractivity contribution is 6.04. The third-order valence-corrected chi connectivity index (χ3v) is 5.09. The summed E-state index contributed by atoms with van der Waals surface area (Å²) in [7, 11) is 1.36. The van der Waals surface area contributed by atoms with E-state index in [1.54, 1.807) is 6.07 Å². The highest BCUT2D eigenvalue weighted by atomic mass is 19.4. The predicted octanol–water partition coefficient (Wildman–Crippen LogP) is 2.90. The number of alkyl halides is 6. The van der Waals surface area contributed by atoms with Crippen LogP contribution in [0, 0.1) is 0 Å². The summed E-state index contributed by atoms with van der Waals surface area (Å²) >= 11 is 0. The first-order valence-corrected chi connectivity index (χ1v) is 10.4. The molecule has 1 aliphatic heterocycles. The van der Waals surface area contributed by atoms with Crippen LogP contribution in [0.4, 0.5) is 37.8 Å². The standard InChI is InChI=1S/C18H20F3N7O.C2HF3O2/c1-26-10-13(16(25-26)18(19,20)21)23-17(29)14-6-4-12-5-7-15(24-28(12)14)27-8-2-3-11(22)9-27;3-2(4,5)1(6)7/h4-7,10-11H,2-3,8-9,22H2,1H3,(H,23,29);(H,6,7)/t11-;/m1./s1. The van der Waals surface area contributed by atoms with Crippen LogP contribution in [0.15, 0.2) is 30.5 Å². The molecule has 0 saturated carbocycles. The lowest BCUT2D eigenvalue weighted by molar-refractivity contribution is -0.192. The number of nitrogens with one attached hydrogen (secondary N) is 1. The lowest BCUT2D eigenvalue weighted by atomic mass is 10.1. The average molecular weight is 521 g/mol. The van der Waals surface area contributed by atoms with Gasteiger partial charge >= 0.3 is 18.3 Å². The van der Waals surface area contributed by atoms with E-state index in [2.05, 4.69) is 15.5 Å². The second-order valence-corrected chi connectivity index (χ2v) is 7.91. The Balaban J connectivity index is 0.000000454. The number of hydrogen-bond donors (Lipinski definition) is 3. The molecule has 1 amide bonds. The van der Waals surface area contributed by atoms with Crippen molar-refractivity contribution in [2.24, 2.45) is 12.8 Å². The third kappa shape index (κ3) is 6.24. The van der Waals surface area contributed by atoms with Crippen LogP contribution in [0.5, 0.6) is 0 Å². The summed E-state index contributed by atoms with van der Waals surface area (Å²) in [6.07, 6.45) is -6.75. The van der Waals surface area contributed by atoms with Crippen molar-refractivity contribution in [2.45, 2.75) is 31.2 Å². The van der Waals surface area contributed by atoms with Crippen molar-refractivity contribution in [3.63, 3.8) is 0 Å². The number of anilines is 2. The van der Waals surface area contributed by atoms with Gasteiger partial charge in [-0.2, -0.15) is 31.4 Å². The Kier molecular flexibility index (Phi) is 7.47. The highest BCUT2D eigenvalue weighted by Crippen LogP contribution is 2.33. The van der Waals surface area contributed by atoms with Gasteiger partial charge in [-0.05, 0) is 37.1 Å². The maximum atomic E-state index is 13.1. The number of carbonyl (C=O) groups excluding carboxylic acids is 1. The molecule has 10 nitrogen and oxygen atoms in total. The summed E-state index contributed by atoms with van der Waals surface area (Å²) < 4.78 is 73.6. The summed E-state index contributed by atoms with van der Waals surface area (Å²) in [5, 5.41) is 17.3. The molecule has 1 aliphatic rings. The SMILES string of the molecule is Cn1cc(NC(=O)c2ccc3ccc(N4CCC[C@@H](N)C4)nn23)c(C(F)(F)F)n1.O=C(O)C(F)(F)F. The molecule has 1 saturated heterocycles. The van der Waals surface area contributed by atoms with Crippen LogP contribution in [-0.2, 0) is 18.0 Å². The maximum Gasteiger partial charge on any atom is 0.490 e. The molecular weight excluding hydrogens is 500 g/mol. The Hall–Kier alpha value is -3.82. The number of carbonyl (C=O) groups is 2. The summed E-state index contributed by atoms with van der Waals surface area (Å²) in [5.74, 6) is -2.80. The number of rotatable bonds is 3. The van der Waals surface area contributed by atoms with Crippen LogP contribution in [0.2, 0.25) is 0 Å². The number of nitrogens with zero attached hydrogens (tertiary/aromatic N) is 5. The van der Waals surface area contributed by atoms with E-state index in [4.69, 9.17) is 15.6 Å². The zero-order valence-corrected chi connectivity index (χ0v) is 18.6. The molecule has 1 atom stereocenters. The van der Waals surface area contributed by atoms with E-state index in [-0.39, 0.29) is 11.7 Å². The number of aromatic nitrogens is 4. The lowest BCUT2D eigenvalue weighted by Crippen LogP contribution is -2.43. The molecule has 1 fully saturated rings. The zero-order valence-electron chi connectivity index (χ0n) is 18.6. The van der Waals surface area contributed by atoms with Crippen molar-refractivity contribution in [3.8, 4) is 0 Å². The first kappa shape index (κ1) is 26.8. The molecule has 16 heteroatoms. The van der Waals surface area contributed by atoms with Crippen LogP contribution < -0.4 is 16.0 Å². The Labute approximate surface area is 199 Å². The third-order valence-electron chi connectivity index (χ3n) is 5.09. The Morgan fingerprint density at radius 3 is 2.33 bits per heavy atom. The molecule has 0 aliphatic carbocycles. The van der Waals surface area contributed by atoms with Crippen molar-refractivity contribution in [1.82, 2.24) is 19.4 Å². The van der Waals surface area contributed by atoms with Crippen molar-refractivity contribution in [1.29, 1.82) is 0 Å². The number of aryl methyl sites for hydroxylation is 1. The lowest BCUT2D eigenvalue weighted by Gasteiger charge is -2.31. The van der Waals surface area contributed by atoms with Crippen molar-refractivity contribution >= 4 is 28.9 Å². The minimum Gasteiger partial charge on any atom is -0.475 e. The summed E-state index contributed by atoms with van der Waals surface area (Å²) in [6.45, 7) is 1.46. The molecule has 3 aromatic heterocycles. The normalized spacial score (nSPS) is 16.4. The molecule has 196 valence electrons. The van der Waals surface area contributed by atoms with E-state index in [9.17, 15) is 31.1 Å². The van der Waals surface area contributed by atoms with Gasteiger partial charge in [0.15, 0.2) is 5.69 Å². The molecule has 36 heavy (non-hydrogen) atoms. The fraction of sp³-hybridized carbons (Fsp3) is 0.400. The van der Waals surface area contributed by atoms with E-state index in [0.717, 1.165) is 30.3 Å². The molecule has 4 heterocycles. The van der Waals surface area contributed by atoms with E-state index in [1.165, 1.54) is 17.6 Å². The van der Waals surface area contributed by atoms with Crippen LogP contribution >= 0.6 is 0 Å². The summed E-state index contributed by atoms with van der Waals surface area (Å²) in [5.41, 5.74) is 5.26. The van der Waals surface area contributed by atoms with Crippen LogP contribution in [-0.4, -0.2) is 61.7 Å². The number of halogens is 6. The van der Waals surface area contributed by atoms with Gasteiger partial charge < -0.3 is 21.1 Å². The van der Waals surface area contributed by atoms with Crippen molar-refractivity contribution in [3.05, 3.63) is 41.9 Å². The highest BCUT2D eigenvalue weighted by Gasteiger charge is 2.38. The molecule has 0 aromatic carbocycles. The summed E-state index contributed by atoms with van der Waals surface area (Å²) in [6, 6.07) is 6.91. The van der Waals surface area contributed by atoms with E-state index >= 15 is 0 Å². The fourth-order valence-corrected chi connectivity index (χ4v) is 3.51. The number of amides is 1. The topological polar surface area (TPSA) is 131 Å². The first-order chi connectivity index (χ1) is 16.7. The number of fused-ring (bicyclic) bond motifs is 1. The van der Waals surface area contributed by atoms with Crippen LogP contribution in [0.3, 0.4) is 0 Å². The van der Waals surface area contributed by atoms with Gasteiger partial charge in [0.25, 0.3) is 5.91 Å². The minimum absolute atomic E-state index is 0.0556. The van der Waals surface area contributed by atoms with Gasteiger partial charge in [-0.3, -0.25) is 9.48 Å². The van der Waals surface area contributed by atoms with Crippen molar-refractivity contribution < 1.29 is 41.0 Å². The van der Waals surface area contributed by atoms with Gasteiger partial charge in [0.1, 0.15) is 11.5 Å². The van der Waals surface area contributed by atoms with Gasteiger partial charge in [0.05, 0.1) is 11.2 Å². The number of hydrogen-bond acceptors (Lipinski definition) is 6. The monoisotopic (exact) mass is 521 g/mol. The number of carboxylic acids is 1. The van der Waals surface area contributed by atoms with Gasteiger partial charge in [-0.1, -0.05) is 0 Å². The van der Waals surface area contributed by atoms with E-state index in [0.29, 0.717) is 17.9 Å². The minimum atomic E-state index is -5.08. The Morgan fingerprint density at radius 2 is 1.75 bits per heavy atom.